The molecule has 2 amide bonds. The summed E-state index contributed by atoms with van der Waals surface area (Å²) in [6.45, 7) is 6.91. The van der Waals surface area contributed by atoms with Crippen molar-refractivity contribution in [3.63, 3.8) is 0 Å². The summed E-state index contributed by atoms with van der Waals surface area (Å²) in [4.78, 5) is 23.3. The highest BCUT2D eigenvalue weighted by Gasteiger charge is 2.16. The molecule has 0 saturated carbocycles. The fourth-order valence-corrected chi connectivity index (χ4v) is 2.32. The van der Waals surface area contributed by atoms with Crippen LogP contribution in [0.2, 0.25) is 0 Å². The van der Waals surface area contributed by atoms with E-state index in [0.717, 1.165) is 11.1 Å². The van der Waals surface area contributed by atoms with Crippen LogP contribution in [0.1, 0.15) is 25.0 Å². The van der Waals surface area contributed by atoms with Crippen molar-refractivity contribution in [2.75, 3.05) is 10.6 Å². The minimum absolute atomic E-state index is 0.129. The number of nitrogens with one attached hydrogen (secondary N) is 2. The van der Waals surface area contributed by atoms with Gasteiger partial charge in [0.1, 0.15) is 11.5 Å². The van der Waals surface area contributed by atoms with E-state index in [-0.39, 0.29) is 23.3 Å². The van der Waals surface area contributed by atoms with Crippen LogP contribution in [0.5, 0.6) is 11.5 Å². The SMILES string of the molecule is CC(=O)Nc1ccc(NC(=O)C(C)Oc2ccc(C)cc2C)cc1O. The minimum atomic E-state index is -0.710. The molecule has 0 spiro atoms. The first-order valence-corrected chi connectivity index (χ1v) is 7.91. The Morgan fingerprint density at radius 3 is 2.40 bits per heavy atom. The third kappa shape index (κ3) is 4.97. The molecule has 0 aliphatic carbocycles. The molecule has 2 rings (SSSR count). The van der Waals surface area contributed by atoms with Gasteiger partial charge in [0.25, 0.3) is 5.91 Å². The number of carbonyl (C=O) groups is 2. The zero-order valence-corrected chi connectivity index (χ0v) is 14.7. The van der Waals surface area contributed by atoms with Gasteiger partial charge in [0.15, 0.2) is 6.10 Å². The van der Waals surface area contributed by atoms with Crippen molar-refractivity contribution in [1.29, 1.82) is 0 Å². The van der Waals surface area contributed by atoms with Crippen LogP contribution in [0.4, 0.5) is 11.4 Å². The summed E-state index contributed by atoms with van der Waals surface area (Å²) >= 11 is 0. The fraction of sp³-hybridized carbons (Fsp3) is 0.263. The average Bonchev–Trinajstić information content (AvgIpc) is 2.52. The fourth-order valence-electron chi connectivity index (χ4n) is 2.32. The van der Waals surface area contributed by atoms with Crippen LogP contribution >= 0.6 is 0 Å². The lowest BCUT2D eigenvalue weighted by Crippen LogP contribution is -2.30. The molecular formula is C19H22N2O4. The third-order valence-corrected chi connectivity index (χ3v) is 3.58. The predicted molar refractivity (Wildman–Crippen MR) is 97.0 cm³/mol. The second-order valence-electron chi connectivity index (χ2n) is 5.93. The number of aryl methyl sites for hydroxylation is 2. The van der Waals surface area contributed by atoms with Crippen molar-refractivity contribution in [2.24, 2.45) is 0 Å². The zero-order chi connectivity index (χ0) is 18.6. The third-order valence-electron chi connectivity index (χ3n) is 3.58. The monoisotopic (exact) mass is 342 g/mol. The Morgan fingerprint density at radius 2 is 1.80 bits per heavy atom. The van der Waals surface area contributed by atoms with Crippen molar-refractivity contribution in [2.45, 2.75) is 33.8 Å². The largest absolute Gasteiger partial charge is 0.506 e. The van der Waals surface area contributed by atoms with Gasteiger partial charge in [-0.15, -0.1) is 0 Å². The quantitative estimate of drug-likeness (QED) is 0.727. The molecule has 0 radical (unpaired) electrons. The van der Waals surface area contributed by atoms with Crippen LogP contribution in [0.15, 0.2) is 36.4 Å². The molecule has 132 valence electrons. The van der Waals surface area contributed by atoms with E-state index in [1.54, 1.807) is 13.0 Å². The van der Waals surface area contributed by atoms with Crippen molar-refractivity contribution in [3.05, 3.63) is 47.5 Å². The van der Waals surface area contributed by atoms with Crippen LogP contribution in [0.3, 0.4) is 0 Å². The Morgan fingerprint density at radius 1 is 1.08 bits per heavy atom. The summed E-state index contributed by atoms with van der Waals surface area (Å²) in [5, 5.41) is 15.1. The van der Waals surface area contributed by atoms with E-state index in [4.69, 9.17) is 4.74 Å². The zero-order valence-electron chi connectivity index (χ0n) is 14.7. The van der Waals surface area contributed by atoms with E-state index in [9.17, 15) is 14.7 Å². The minimum Gasteiger partial charge on any atom is -0.506 e. The van der Waals surface area contributed by atoms with Gasteiger partial charge in [-0.3, -0.25) is 9.59 Å². The highest BCUT2D eigenvalue weighted by atomic mass is 16.5. The molecule has 0 fully saturated rings. The number of benzene rings is 2. The number of carbonyl (C=O) groups excluding carboxylic acids is 2. The molecule has 2 aromatic rings. The topological polar surface area (TPSA) is 87.7 Å². The van der Waals surface area contributed by atoms with E-state index in [1.807, 2.05) is 32.0 Å². The van der Waals surface area contributed by atoms with Gasteiger partial charge < -0.3 is 20.5 Å². The molecule has 25 heavy (non-hydrogen) atoms. The van der Waals surface area contributed by atoms with Crippen molar-refractivity contribution < 1.29 is 19.4 Å². The van der Waals surface area contributed by atoms with Gasteiger partial charge in [0, 0.05) is 18.7 Å². The molecule has 0 aliphatic heterocycles. The molecule has 2 aromatic carbocycles. The van der Waals surface area contributed by atoms with E-state index < -0.39 is 6.10 Å². The first kappa shape index (κ1) is 18.3. The second-order valence-corrected chi connectivity index (χ2v) is 5.93. The number of aromatic hydroxyl groups is 1. The van der Waals surface area contributed by atoms with E-state index in [2.05, 4.69) is 10.6 Å². The molecule has 1 unspecified atom stereocenters. The Labute approximate surface area is 146 Å². The standard InChI is InChI=1S/C19H22N2O4/c1-11-5-8-18(12(2)9-11)25-13(3)19(24)21-15-6-7-16(17(23)10-15)20-14(4)22/h5-10,13,23H,1-4H3,(H,20,22)(H,21,24). The summed E-state index contributed by atoms with van der Waals surface area (Å²) in [6, 6.07) is 10.2. The number of ether oxygens (including phenoxy) is 1. The van der Waals surface area contributed by atoms with Gasteiger partial charge in [-0.05, 0) is 44.5 Å². The first-order valence-electron chi connectivity index (χ1n) is 7.91. The Bertz CT molecular complexity index is 802. The Kier molecular flexibility index (Phi) is 5.64. The molecule has 0 aliphatic rings. The number of amides is 2. The first-order chi connectivity index (χ1) is 11.8. The Balaban J connectivity index is 2.03. The lowest BCUT2D eigenvalue weighted by atomic mass is 10.1. The molecular weight excluding hydrogens is 320 g/mol. The van der Waals surface area contributed by atoms with Gasteiger partial charge in [0.2, 0.25) is 5.91 Å². The number of phenols is 1. The number of hydrogen-bond acceptors (Lipinski definition) is 4. The van der Waals surface area contributed by atoms with Gasteiger partial charge in [-0.1, -0.05) is 17.7 Å². The number of anilines is 2. The Hall–Kier alpha value is -3.02. The normalized spacial score (nSPS) is 11.5. The summed E-state index contributed by atoms with van der Waals surface area (Å²) in [7, 11) is 0. The number of rotatable bonds is 5. The van der Waals surface area contributed by atoms with Crippen LogP contribution in [0, 0.1) is 13.8 Å². The predicted octanol–water partition coefficient (Wildman–Crippen LogP) is 3.37. The molecule has 3 N–H and O–H groups in total. The summed E-state index contributed by atoms with van der Waals surface area (Å²) < 4.78 is 5.71. The highest BCUT2D eigenvalue weighted by Crippen LogP contribution is 2.27. The molecule has 0 heterocycles. The smallest absolute Gasteiger partial charge is 0.265 e. The van der Waals surface area contributed by atoms with E-state index >= 15 is 0 Å². The molecule has 0 saturated heterocycles. The van der Waals surface area contributed by atoms with Crippen LogP contribution in [-0.2, 0) is 9.59 Å². The number of phenolic OH excluding ortho intramolecular Hbond substituents is 1. The highest BCUT2D eigenvalue weighted by molar-refractivity contribution is 5.95. The molecule has 0 aromatic heterocycles. The van der Waals surface area contributed by atoms with Gasteiger partial charge in [-0.2, -0.15) is 0 Å². The number of hydrogen-bond donors (Lipinski definition) is 3. The summed E-state index contributed by atoms with van der Waals surface area (Å²) in [5.41, 5.74) is 2.77. The van der Waals surface area contributed by atoms with Crippen molar-refractivity contribution in [3.8, 4) is 11.5 Å². The average molecular weight is 342 g/mol. The van der Waals surface area contributed by atoms with Crippen molar-refractivity contribution in [1.82, 2.24) is 0 Å². The summed E-state index contributed by atoms with van der Waals surface area (Å²) in [6.07, 6.45) is -0.710. The van der Waals surface area contributed by atoms with Crippen LogP contribution in [-0.4, -0.2) is 23.0 Å². The maximum Gasteiger partial charge on any atom is 0.265 e. The van der Waals surface area contributed by atoms with Gasteiger partial charge in [0.05, 0.1) is 5.69 Å². The molecule has 6 heteroatoms. The molecule has 1 atom stereocenters. The van der Waals surface area contributed by atoms with E-state index in [0.29, 0.717) is 11.4 Å². The van der Waals surface area contributed by atoms with E-state index in [1.165, 1.54) is 19.1 Å². The second kappa shape index (κ2) is 7.70. The lowest BCUT2D eigenvalue weighted by molar-refractivity contribution is -0.122. The lowest BCUT2D eigenvalue weighted by Gasteiger charge is -2.17. The maximum atomic E-state index is 12.3. The molecule has 6 nitrogen and oxygen atoms in total. The van der Waals surface area contributed by atoms with Crippen molar-refractivity contribution >= 4 is 23.2 Å². The maximum absolute atomic E-state index is 12.3. The van der Waals surface area contributed by atoms with Crippen LogP contribution < -0.4 is 15.4 Å². The van der Waals surface area contributed by atoms with Gasteiger partial charge >= 0.3 is 0 Å². The molecule has 0 bridgehead atoms. The van der Waals surface area contributed by atoms with Gasteiger partial charge in [-0.25, -0.2) is 0 Å². The van der Waals surface area contributed by atoms with Crippen LogP contribution in [0.25, 0.3) is 0 Å². The summed E-state index contributed by atoms with van der Waals surface area (Å²) in [5.74, 6) is -0.109.